The number of hydrogen-bond donors (Lipinski definition) is 0. The van der Waals surface area contributed by atoms with Crippen LogP contribution >= 0.6 is 11.8 Å². The molecule has 0 unspecified atom stereocenters. The van der Waals surface area contributed by atoms with Crippen LogP contribution in [0.25, 0.3) is 0 Å². The molecule has 3 heteroatoms. The molecule has 1 aromatic rings. The van der Waals surface area contributed by atoms with E-state index in [9.17, 15) is 0 Å². The Morgan fingerprint density at radius 1 is 1.25 bits per heavy atom. The van der Waals surface area contributed by atoms with Gasteiger partial charge in [0.05, 0.1) is 5.69 Å². The second-order valence-corrected chi connectivity index (χ2v) is 5.32. The number of rotatable bonds is 1. The van der Waals surface area contributed by atoms with Gasteiger partial charge in [-0.2, -0.15) is 0 Å². The number of hydrogen-bond acceptors (Lipinski definition) is 2. The average Bonchev–Trinajstić information content (AvgIpc) is 2.26. The molecule has 1 aliphatic rings. The van der Waals surface area contributed by atoms with Crippen LogP contribution in [0.5, 0.6) is 0 Å². The minimum absolute atomic E-state index is 1.12. The predicted octanol–water partition coefficient (Wildman–Crippen LogP) is 3.36. The highest BCUT2D eigenvalue weighted by Crippen LogP contribution is 2.26. The summed E-state index contributed by atoms with van der Waals surface area (Å²) in [5.74, 6) is 1.19. The Labute approximate surface area is 102 Å². The number of amidine groups is 1. The monoisotopic (exact) mass is 234 g/mol. The third-order valence-corrected chi connectivity index (χ3v) is 4.00. The van der Waals surface area contributed by atoms with E-state index in [1.807, 2.05) is 11.8 Å². The van der Waals surface area contributed by atoms with E-state index in [0.29, 0.717) is 0 Å². The van der Waals surface area contributed by atoms with Gasteiger partial charge in [-0.1, -0.05) is 30.0 Å². The van der Waals surface area contributed by atoms with Crippen molar-refractivity contribution in [3.63, 3.8) is 0 Å². The lowest BCUT2D eigenvalue weighted by atomic mass is 10.1. The molecular weight excluding hydrogens is 216 g/mol. The van der Waals surface area contributed by atoms with Crippen molar-refractivity contribution < 1.29 is 0 Å². The highest BCUT2D eigenvalue weighted by molar-refractivity contribution is 8.13. The highest BCUT2D eigenvalue weighted by atomic mass is 32.2. The first kappa shape index (κ1) is 11.5. The standard InChI is InChI=1S/C13H18N2S/c1-10-6-4-7-11(2)12(10)14-13-15(3)8-5-9-16-13/h4,6-7H,5,8-9H2,1-3H3. The van der Waals surface area contributed by atoms with E-state index in [1.54, 1.807) is 0 Å². The largest absolute Gasteiger partial charge is 0.354 e. The molecule has 16 heavy (non-hydrogen) atoms. The van der Waals surface area contributed by atoms with Crippen LogP contribution in [0.2, 0.25) is 0 Å². The van der Waals surface area contributed by atoms with Gasteiger partial charge in [-0.25, -0.2) is 4.99 Å². The fourth-order valence-electron chi connectivity index (χ4n) is 1.87. The topological polar surface area (TPSA) is 15.6 Å². The molecule has 2 rings (SSSR count). The maximum absolute atomic E-state index is 4.80. The molecule has 0 aromatic heterocycles. The molecule has 1 heterocycles. The molecule has 0 aliphatic carbocycles. The van der Waals surface area contributed by atoms with Crippen LogP contribution in [0, 0.1) is 13.8 Å². The lowest BCUT2D eigenvalue weighted by Gasteiger charge is -2.25. The number of para-hydroxylation sites is 1. The molecule has 0 amide bonds. The molecule has 0 saturated carbocycles. The summed E-state index contributed by atoms with van der Waals surface area (Å²) in [6.07, 6.45) is 1.26. The van der Waals surface area contributed by atoms with E-state index in [0.717, 1.165) is 17.4 Å². The molecule has 0 N–H and O–H groups in total. The molecule has 1 aromatic carbocycles. The maximum Gasteiger partial charge on any atom is 0.164 e. The first-order valence-corrected chi connectivity index (χ1v) is 6.66. The van der Waals surface area contributed by atoms with Crippen LogP contribution in [-0.2, 0) is 0 Å². The molecule has 0 atom stereocenters. The third-order valence-electron chi connectivity index (χ3n) is 2.84. The van der Waals surface area contributed by atoms with Crippen molar-refractivity contribution in [2.24, 2.45) is 4.99 Å². The predicted molar refractivity (Wildman–Crippen MR) is 72.7 cm³/mol. The lowest BCUT2D eigenvalue weighted by molar-refractivity contribution is 0.505. The summed E-state index contributed by atoms with van der Waals surface area (Å²) < 4.78 is 0. The minimum Gasteiger partial charge on any atom is -0.354 e. The van der Waals surface area contributed by atoms with Gasteiger partial charge in [0.25, 0.3) is 0 Å². The first-order valence-electron chi connectivity index (χ1n) is 5.67. The molecule has 2 nitrogen and oxygen atoms in total. The van der Waals surface area contributed by atoms with Gasteiger partial charge in [0.15, 0.2) is 5.17 Å². The smallest absolute Gasteiger partial charge is 0.164 e. The zero-order valence-corrected chi connectivity index (χ0v) is 11.0. The van der Waals surface area contributed by atoms with E-state index < -0.39 is 0 Å². The van der Waals surface area contributed by atoms with E-state index in [4.69, 9.17) is 4.99 Å². The summed E-state index contributed by atoms with van der Waals surface area (Å²) in [6, 6.07) is 6.34. The fraction of sp³-hybridized carbons (Fsp3) is 0.462. The van der Waals surface area contributed by atoms with Gasteiger partial charge in [0, 0.05) is 19.3 Å². The van der Waals surface area contributed by atoms with Gasteiger partial charge in [-0.05, 0) is 31.4 Å². The quantitative estimate of drug-likeness (QED) is 0.740. The first-order chi connectivity index (χ1) is 7.68. The Morgan fingerprint density at radius 3 is 2.56 bits per heavy atom. The van der Waals surface area contributed by atoms with Gasteiger partial charge in [-0.3, -0.25) is 0 Å². The summed E-state index contributed by atoms with van der Waals surface area (Å²) in [5, 5.41) is 1.16. The van der Waals surface area contributed by atoms with E-state index in [-0.39, 0.29) is 0 Å². The van der Waals surface area contributed by atoms with Crippen molar-refractivity contribution in [2.45, 2.75) is 20.3 Å². The van der Waals surface area contributed by atoms with E-state index in [2.05, 4.69) is 44.0 Å². The van der Waals surface area contributed by atoms with Crippen molar-refractivity contribution in [2.75, 3.05) is 19.3 Å². The van der Waals surface area contributed by atoms with Gasteiger partial charge < -0.3 is 4.90 Å². The number of nitrogens with zero attached hydrogens (tertiary/aromatic N) is 2. The molecule has 1 aliphatic heterocycles. The maximum atomic E-state index is 4.80. The van der Waals surface area contributed by atoms with Gasteiger partial charge in [-0.15, -0.1) is 0 Å². The average molecular weight is 234 g/mol. The Morgan fingerprint density at radius 2 is 1.94 bits per heavy atom. The molecular formula is C13H18N2S. The SMILES string of the molecule is Cc1cccc(C)c1N=C1SCCCN1C. The molecule has 1 saturated heterocycles. The zero-order valence-electron chi connectivity index (χ0n) is 10.2. The van der Waals surface area contributed by atoms with Gasteiger partial charge in [0.2, 0.25) is 0 Å². The van der Waals surface area contributed by atoms with Gasteiger partial charge >= 0.3 is 0 Å². The number of aliphatic imine (C=N–C) groups is 1. The van der Waals surface area contributed by atoms with Crippen molar-refractivity contribution in [1.29, 1.82) is 0 Å². The minimum atomic E-state index is 1.12. The van der Waals surface area contributed by atoms with Crippen molar-refractivity contribution >= 4 is 22.6 Å². The van der Waals surface area contributed by atoms with Crippen LogP contribution in [0.4, 0.5) is 5.69 Å². The van der Waals surface area contributed by atoms with Crippen molar-refractivity contribution in [1.82, 2.24) is 4.90 Å². The van der Waals surface area contributed by atoms with E-state index >= 15 is 0 Å². The fourth-order valence-corrected chi connectivity index (χ4v) is 2.79. The summed E-state index contributed by atoms with van der Waals surface area (Å²) in [5.41, 5.74) is 3.65. The van der Waals surface area contributed by atoms with Crippen LogP contribution < -0.4 is 0 Å². The van der Waals surface area contributed by atoms with Gasteiger partial charge in [0.1, 0.15) is 0 Å². The molecule has 0 spiro atoms. The third kappa shape index (κ3) is 2.40. The zero-order chi connectivity index (χ0) is 11.5. The van der Waals surface area contributed by atoms with Crippen LogP contribution in [0.15, 0.2) is 23.2 Å². The Bertz CT molecular complexity index is 392. The Hall–Kier alpha value is -0.960. The van der Waals surface area contributed by atoms with E-state index in [1.165, 1.54) is 23.3 Å². The second-order valence-electron chi connectivity index (χ2n) is 4.26. The summed E-state index contributed by atoms with van der Waals surface area (Å²) in [7, 11) is 2.12. The Balaban J connectivity index is 2.34. The molecule has 0 bridgehead atoms. The van der Waals surface area contributed by atoms with Crippen LogP contribution in [0.1, 0.15) is 17.5 Å². The second kappa shape index (κ2) is 4.91. The Kier molecular flexibility index (Phi) is 3.54. The van der Waals surface area contributed by atoms with Crippen LogP contribution in [0.3, 0.4) is 0 Å². The summed E-state index contributed by atoms with van der Waals surface area (Å²) in [6.45, 7) is 5.37. The normalized spacial score (nSPS) is 19.2. The molecule has 0 radical (unpaired) electrons. The van der Waals surface area contributed by atoms with Crippen LogP contribution in [-0.4, -0.2) is 29.4 Å². The molecule has 1 fully saturated rings. The number of benzene rings is 1. The lowest BCUT2D eigenvalue weighted by Crippen LogP contribution is -2.29. The van der Waals surface area contributed by atoms with Crippen molar-refractivity contribution in [3.05, 3.63) is 29.3 Å². The van der Waals surface area contributed by atoms with Crippen molar-refractivity contribution in [3.8, 4) is 0 Å². The highest BCUT2D eigenvalue weighted by Gasteiger charge is 2.13. The molecule has 86 valence electrons. The summed E-state index contributed by atoms with van der Waals surface area (Å²) in [4.78, 5) is 7.05. The summed E-state index contributed by atoms with van der Waals surface area (Å²) >= 11 is 1.86. The number of aryl methyl sites for hydroxylation is 2. The number of thioether (sulfide) groups is 1.